The standard InChI is InChI=1S/C13H26N4.C4H8O2/c1-2-3-4-5-6-7-8-9-10-11-12-17-13-14-15-16-17;1-3-6-4(2)5/h13H,2-12H2,1H3;3H2,1-2H3. The molecule has 134 valence electrons. The van der Waals surface area contributed by atoms with Gasteiger partial charge >= 0.3 is 5.97 Å². The molecule has 0 fully saturated rings. The third kappa shape index (κ3) is 16.7. The molecule has 0 unspecified atom stereocenters. The molecule has 6 heteroatoms. The first kappa shape index (κ1) is 21.5. The van der Waals surface area contributed by atoms with Gasteiger partial charge in [0, 0.05) is 13.5 Å². The third-order valence-electron chi connectivity index (χ3n) is 3.48. The minimum atomic E-state index is -0.211. The van der Waals surface area contributed by atoms with Crippen LogP contribution in [0.1, 0.15) is 85.0 Å². The molecule has 0 atom stereocenters. The van der Waals surface area contributed by atoms with Crippen molar-refractivity contribution in [3.63, 3.8) is 0 Å². The first-order valence-corrected chi connectivity index (χ1v) is 9.04. The van der Waals surface area contributed by atoms with Crippen molar-refractivity contribution in [2.75, 3.05) is 6.61 Å². The molecule has 0 radical (unpaired) electrons. The number of nitrogens with zero attached hydrogens (tertiary/aromatic N) is 4. The Balaban J connectivity index is 0.000000688. The van der Waals surface area contributed by atoms with Gasteiger partial charge in [-0.1, -0.05) is 64.7 Å². The fraction of sp³-hybridized carbons (Fsp3) is 0.882. The van der Waals surface area contributed by atoms with Gasteiger partial charge < -0.3 is 4.74 Å². The number of hydrogen-bond donors (Lipinski definition) is 0. The molecule has 0 amide bonds. The second-order valence-electron chi connectivity index (χ2n) is 5.68. The maximum Gasteiger partial charge on any atom is 0.302 e. The molecule has 0 N–H and O–H groups in total. The Morgan fingerprint density at radius 3 is 1.91 bits per heavy atom. The quantitative estimate of drug-likeness (QED) is 0.426. The summed E-state index contributed by atoms with van der Waals surface area (Å²) in [6.45, 7) is 6.88. The van der Waals surface area contributed by atoms with Crippen LogP contribution < -0.4 is 0 Å². The van der Waals surface area contributed by atoms with Crippen molar-refractivity contribution in [1.82, 2.24) is 20.2 Å². The summed E-state index contributed by atoms with van der Waals surface area (Å²) in [7, 11) is 0. The van der Waals surface area contributed by atoms with Gasteiger partial charge in [-0.15, -0.1) is 5.10 Å². The second-order valence-corrected chi connectivity index (χ2v) is 5.68. The molecule has 6 nitrogen and oxygen atoms in total. The molecule has 23 heavy (non-hydrogen) atoms. The zero-order valence-corrected chi connectivity index (χ0v) is 15.2. The van der Waals surface area contributed by atoms with E-state index in [1.54, 1.807) is 13.3 Å². The highest BCUT2D eigenvalue weighted by Crippen LogP contribution is 2.10. The minimum Gasteiger partial charge on any atom is -0.466 e. The van der Waals surface area contributed by atoms with Crippen LogP contribution in [0.25, 0.3) is 0 Å². The lowest BCUT2D eigenvalue weighted by atomic mass is 10.1. The zero-order valence-electron chi connectivity index (χ0n) is 15.2. The number of unbranched alkanes of at least 4 members (excludes halogenated alkanes) is 9. The number of ether oxygens (including phenoxy) is 1. The van der Waals surface area contributed by atoms with Crippen molar-refractivity contribution in [1.29, 1.82) is 0 Å². The summed E-state index contributed by atoms with van der Waals surface area (Å²) in [5.74, 6) is -0.211. The van der Waals surface area contributed by atoms with Crippen LogP contribution in [-0.4, -0.2) is 32.8 Å². The number of carbonyl (C=O) groups is 1. The number of carbonyl (C=O) groups excluding carboxylic acids is 1. The van der Waals surface area contributed by atoms with Crippen molar-refractivity contribution >= 4 is 5.97 Å². The fourth-order valence-corrected chi connectivity index (χ4v) is 2.25. The molecular weight excluding hydrogens is 292 g/mol. The van der Waals surface area contributed by atoms with Crippen LogP contribution in [0, 0.1) is 0 Å². The summed E-state index contributed by atoms with van der Waals surface area (Å²) < 4.78 is 6.21. The second kappa shape index (κ2) is 16.9. The lowest BCUT2D eigenvalue weighted by molar-refractivity contribution is -0.140. The maximum atomic E-state index is 9.82. The third-order valence-corrected chi connectivity index (χ3v) is 3.48. The summed E-state index contributed by atoms with van der Waals surface area (Å²) in [4.78, 5) is 9.82. The summed E-state index contributed by atoms with van der Waals surface area (Å²) >= 11 is 0. The first-order valence-electron chi connectivity index (χ1n) is 9.04. The Labute approximate surface area is 141 Å². The van der Waals surface area contributed by atoms with E-state index in [1.807, 2.05) is 4.68 Å². The molecule has 0 aliphatic carbocycles. The van der Waals surface area contributed by atoms with Crippen LogP contribution in [0.4, 0.5) is 0 Å². The molecule has 0 saturated heterocycles. The van der Waals surface area contributed by atoms with Gasteiger partial charge in [-0.3, -0.25) is 4.79 Å². The average molecular weight is 326 g/mol. The van der Waals surface area contributed by atoms with Crippen LogP contribution >= 0.6 is 0 Å². The SMILES string of the molecule is CCCCCCCCCCCCn1cnnn1.CCOC(C)=O. The number of aromatic nitrogens is 4. The Kier molecular flexibility index (Phi) is 15.8. The van der Waals surface area contributed by atoms with Gasteiger partial charge in [0.25, 0.3) is 0 Å². The van der Waals surface area contributed by atoms with E-state index in [9.17, 15) is 4.79 Å². The topological polar surface area (TPSA) is 69.9 Å². The number of aryl methyl sites for hydroxylation is 1. The van der Waals surface area contributed by atoms with Crippen molar-refractivity contribution in [2.24, 2.45) is 0 Å². The smallest absolute Gasteiger partial charge is 0.302 e. The molecule has 0 saturated carbocycles. The average Bonchev–Trinajstić information content (AvgIpc) is 3.03. The number of rotatable bonds is 12. The number of hydrogen-bond acceptors (Lipinski definition) is 5. The van der Waals surface area contributed by atoms with Gasteiger partial charge in [-0.25, -0.2) is 4.68 Å². The molecule has 1 aromatic rings. The Morgan fingerprint density at radius 1 is 0.957 bits per heavy atom. The van der Waals surface area contributed by atoms with E-state index in [4.69, 9.17) is 0 Å². The van der Waals surface area contributed by atoms with E-state index in [-0.39, 0.29) is 5.97 Å². The highest BCUT2D eigenvalue weighted by Gasteiger charge is 1.94. The van der Waals surface area contributed by atoms with Gasteiger partial charge in [0.15, 0.2) is 0 Å². The first-order chi connectivity index (χ1) is 11.2. The van der Waals surface area contributed by atoms with E-state index >= 15 is 0 Å². The van der Waals surface area contributed by atoms with Gasteiger partial charge in [0.1, 0.15) is 6.33 Å². The molecule has 0 aromatic carbocycles. The van der Waals surface area contributed by atoms with Crippen molar-refractivity contribution in [3.8, 4) is 0 Å². The number of esters is 1. The molecular formula is C17H34N4O2. The highest BCUT2D eigenvalue weighted by atomic mass is 16.5. The van der Waals surface area contributed by atoms with Crippen molar-refractivity contribution in [3.05, 3.63) is 6.33 Å². The van der Waals surface area contributed by atoms with E-state index in [1.165, 1.54) is 71.1 Å². The maximum absolute atomic E-state index is 9.82. The predicted octanol–water partition coefficient (Wildman–Crippen LogP) is 4.16. The summed E-state index contributed by atoms with van der Waals surface area (Å²) in [6.07, 6.45) is 15.4. The van der Waals surface area contributed by atoms with Crippen LogP contribution in [0.2, 0.25) is 0 Å². The molecule has 1 rings (SSSR count). The summed E-state index contributed by atoms with van der Waals surface area (Å²) in [5, 5.41) is 11.1. The van der Waals surface area contributed by atoms with Crippen LogP contribution in [0.3, 0.4) is 0 Å². The Bertz CT molecular complexity index is 355. The summed E-state index contributed by atoms with van der Waals surface area (Å²) in [5.41, 5.74) is 0. The van der Waals surface area contributed by atoms with Gasteiger partial charge in [-0.2, -0.15) is 0 Å². The Morgan fingerprint density at radius 2 is 1.52 bits per heavy atom. The Hall–Kier alpha value is -1.46. The largest absolute Gasteiger partial charge is 0.466 e. The van der Waals surface area contributed by atoms with E-state index < -0.39 is 0 Å². The van der Waals surface area contributed by atoms with E-state index in [0.29, 0.717) is 6.61 Å². The predicted molar refractivity (Wildman–Crippen MR) is 92.0 cm³/mol. The van der Waals surface area contributed by atoms with Crippen LogP contribution in [0.15, 0.2) is 6.33 Å². The number of tetrazole rings is 1. The monoisotopic (exact) mass is 326 g/mol. The van der Waals surface area contributed by atoms with Crippen LogP contribution in [0.5, 0.6) is 0 Å². The minimum absolute atomic E-state index is 0.211. The molecule has 1 aromatic heterocycles. The van der Waals surface area contributed by atoms with Crippen molar-refractivity contribution in [2.45, 2.75) is 91.5 Å². The normalized spacial score (nSPS) is 10.0. The molecule has 0 aliphatic heterocycles. The molecule has 0 bridgehead atoms. The van der Waals surface area contributed by atoms with Crippen molar-refractivity contribution < 1.29 is 9.53 Å². The molecule has 0 spiro atoms. The lowest BCUT2D eigenvalue weighted by Crippen LogP contribution is -1.98. The highest BCUT2D eigenvalue weighted by molar-refractivity contribution is 5.65. The lowest BCUT2D eigenvalue weighted by Gasteiger charge is -2.02. The van der Waals surface area contributed by atoms with Gasteiger partial charge in [0.2, 0.25) is 0 Å². The zero-order chi connectivity index (χ0) is 17.2. The van der Waals surface area contributed by atoms with E-state index in [0.717, 1.165) is 6.54 Å². The molecule has 1 heterocycles. The summed E-state index contributed by atoms with van der Waals surface area (Å²) in [6, 6.07) is 0. The fourth-order valence-electron chi connectivity index (χ4n) is 2.25. The van der Waals surface area contributed by atoms with Gasteiger partial charge in [-0.05, 0) is 23.8 Å². The van der Waals surface area contributed by atoms with E-state index in [2.05, 4.69) is 27.2 Å². The van der Waals surface area contributed by atoms with Gasteiger partial charge in [0.05, 0.1) is 6.61 Å². The van der Waals surface area contributed by atoms with Crippen LogP contribution in [-0.2, 0) is 16.1 Å². The molecule has 0 aliphatic rings.